The van der Waals surface area contributed by atoms with Gasteiger partial charge in [-0.25, -0.2) is 8.42 Å². The first-order chi connectivity index (χ1) is 12.3. The minimum Gasteiger partial charge on any atom is -0.454 e. The molecule has 0 spiro atoms. The maximum absolute atomic E-state index is 12.3. The topological polar surface area (TPSA) is 84.9 Å². The van der Waals surface area contributed by atoms with Crippen molar-refractivity contribution in [1.82, 2.24) is 5.32 Å². The van der Waals surface area contributed by atoms with Crippen LogP contribution >= 0.6 is 11.6 Å². The number of nitrogens with zero attached hydrogens (tertiary/aromatic N) is 1. The van der Waals surface area contributed by atoms with Gasteiger partial charge in [-0.3, -0.25) is 9.10 Å². The Bertz CT molecular complexity index is 933. The van der Waals surface area contributed by atoms with Crippen molar-refractivity contribution >= 4 is 33.2 Å². The zero-order chi connectivity index (χ0) is 18.7. The van der Waals surface area contributed by atoms with Gasteiger partial charge in [0.1, 0.15) is 0 Å². The van der Waals surface area contributed by atoms with Gasteiger partial charge in [-0.05, 0) is 36.4 Å². The van der Waals surface area contributed by atoms with Gasteiger partial charge in [0.05, 0.1) is 18.5 Å². The van der Waals surface area contributed by atoms with E-state index >= 15 is 0 Å². The Kier molecular flexibility index (Phi) is 5.24. The fourth-order valence-electron chi connectivity index (χ4n) is 2.53. The first-order valence-corrected chi connectivity index (χ1v) is 9.98. The number of carbonyl (C=O) groups excluding carboxylic acids is 1. The molecule has 1 amide bonds. The summed E-state index contributed by atoms with van der Waals surface area (Å²) < 4.78 is 35.8. The molecule has 7 nitrogen and oxygen atoms in total. The summed E-state index contributed by atoms with van der Waals surface area (Å²) in [7, 11) is -3.52. The Hall–Kier alpha value is -2.45. The van der Waals surface area contributed by atoms with Crippen LogP contribution in [0.4, 0.5) is 5.69 Å². The molecule has 0 bridgehead atoms. The standard InChI is InChI=1S/C17H17ClN2O5S/c1-26(22,23)20(14-4-2-3-13(18)10-14)8-7-19-17(21)12-5-6-15-16(9-12)25-11-24-15/h2-6,9-10H,7-8,11H2,1H3,(H,19,21). The predicted molar refractivity (Wildman–Crippen MR) is 98.5 cm³/mol. The lowest BCUT2D eigenvalue weighted by Crippen LogP contribution is -2.38. The summed E-state index contributed by atoms with van der Waals surface area (Å²) >= 11 is 5.94. The van der Waals surface area contributed by atoms with Crippen LogP contribution in [0, 0.1) is 0 Å². The zero-order valence-corrected chi connectivity index (χ0v) is 15.5. The lowest BCUT2D eigenvalue weighted by molar-refractivity contribution is 0.0954. The number of anilines is 1. The fraction of sp³-hybridized carbons (Fsp3) is 0.235. The van der Waals surface area contributed by atoms with Crippen LogP contribution in [0.2, 0.25) is 5.02 Å². The van der Waals surface area contributed by atoms with Crippen LogP contribution in [0.25, 0.3) is 0 Å². The molecule has 0 radical (unpaired) electrons. The number of benzene rings is 2. The molecule has 9 heteroatoms. The molecule has 1 N–H and O–H groups in total. The number of ether oxygens (including phenoxy) is 2. The quantitative estimate of drug-likeness (QED) is 0.809. The minimum absolute atomic E-state index is 0.0788. The fourth-order valence-corrected chi connectivity index (χ4v) is 3.63. The Morgan fingerprint density at radius 1 is 1.19 bits per heavy atom. The molecule has 2 aromatic carbocycles. The average Bonchev–Trinajstić information content (AvgIpc) is 3.05. The number of amides is 1. The number of nitrogens with one attached hydrogen (secondary N) is 1. The molecular weight excluding hydrogens is 380 g/mol. The van der Waals surface area contributed by atoms with Crippen molar-refractivity contribution in [2.45, 2.75) is 0 Å². The lowest BCUT2D eigenvalue weighted by Gasteiger charge is -2.22. The lowest BCUT2D eigenvalue weighted by atomic mass is 10.2. The van der Waals surface area contributed by atoms with Crippen molar-refractivity contribution in [1.29, 1.82) is 0 Å². The third-order valence-electron chi connectivity index (χ3n) is 3.73. The summed E-state index contributed by atoms with van der Waals surface area (Å²) in [5.41, 5.74) is 0.847. The molecule has 1 aliphatic heterocycles. The van der Waals surface area contributed by atoms with E-state index in [0.29, 0.717) is 27.8 Å². The van der Waals surface area contributed by atoms with Crippen LogP contribution in [0.15, 0.2) is 42.5 Å². The summed E-state index contributed by atoms with van der Waals surface area (Å²) in [5.74, 6) is 0.767. The molecule has 2 aromatic rings. The summed E-state index contributed by atoms with van der Waals surface area (Å²) in [4.78, 5) is 12.3. The summed E-state index contributed by atoms with van der Waals surface area (Å²) in [5, 5.41) is 3.13. The van der Waals surface area contributed by atoms with E-state index in [1.54, 1.807) is 42.5 Å². The predicted octanol–water partition coefficient (Wildman–Crippen LogP) is 2.26. The Morgan fingerprint density at radius 2 is 1.96 bits per heavy atom. The summed E-state index contributed by atoms with van der Waals surface area (Å²) in [6.07, 6.45) is 1.10. The van der Waals surface area contributed by atoms with Gasteiger partial charge >= 0.3 is 0 Å². The van der Waals surface area contributed by atoms with Crippen molar-refractivity contribution < 1.29 is 22.7 Å². The maximum Gasteiger partial charge on any atom is 0.251 e. The normalized spacial score (nSPS) is 12.7. The van der Waals surface area contributed by atoms with E-state index in [1.807, 2.05) is 0 Å². The number of hydrogen-bond acceptors (Lipinski definition) is 5. The number of rotatable bonds is 6. The van der Waals surface area contributed by atoms with E-state index in [1.165, 1.54) is 4.31 Å². The van der Waals surface area contributed by atoms with Crippen LogP contribution in [0.3, 0.4) is 0 Å². The maximum atomic E-state index is 12.3. The number of hydrogen-bond donors (Lipinski definition) is 1. The van der Waals surface area contributed by atoms with Crippen molar-refractivity contribution in [2.75, 3.05) is 30.4 Å². The highest BCUT2D eigenvalue weighted by atomic mass is 35.5. The number of halogens is 1. The van der Waals surface area contributed by atoms with E-state index in [-0.39, 0.29) is 25.8 Å². The smallest absolute Gasteiger partial charge is 0.251 e. The van der Waals surface area contributed by atoms with Gasteiger partial charge in [0.15, 0.2) is 11.5 Å². The molecule has 3 rings (SSSR count). The number of carbonyl (C=O) groups is 1. The molecular formula is C17H17ClN2O5S. The minimum atomic E-state index is -3.52. The van der Waals surface area contributed by atoms with Crippen molar-refractivity contribution in [3.05, 3.63) is 53.1 Å². The molecule has 0 saturated heterocycles. The highest BCUT2D eigenvalue weighted by molar-refractivity contribution is 7.92. The third-order valence-corrected chi connectivity index (χ3v) is 5.16. The van der Waals surface area contributed by atoms with Gasteiger partial charge in [-0.1, -0.05) is 17.7 Å². The van der Waals surface area contributed by atoms with Crippen LogP contribution in [-0.2, 0) is 10.0 Å². The third kappa shape index (κ3) is 4.20. The molecule has 0 aliphatic carbocycles. The zero-order valence-electron chi connectivity index (χ0n) is 13.9. The van der Waals surface area contributed by atoms with Crippen molar-refractivity contribution in [3.8, 4) is 11.5 Å². The van der Waals surface area contributed by atoms with Gasteiger partial charge in [-0.2, -0.15) is 0 Å². The van der Waals surface area contributed by atoms with Gasteiger partial charge in [0.2, 0.25) is 16.8 Å². The Labute approximate surface area is 156 Å². The highest BCUT2D eigenvalue weighted by Crippen LogP contribution is 2.32. The number of sulfonamides is 1. The van der Waals surface area contributed by atoms with E-state index in [0.717, 1.165) is 6.26 Å². The Morgan fingerprint density at radius 3 is 2.69 bits per heavy atom. The molecule has 1 heterocycles. The monoisotopic (exact) mass is 396 g/mol. The van der Waals surface area contributed by atoms with Crippen LogP contribution in [0.1, 0.15) is 10.4 Å². The first-order valence-electron chi connectivity index (χ1n) is 7.76. The van der Waals surface area contributed by atoms with Gasteiger partial charge in [0.25, 0.3) is 5.91 Å². The summed E-state index contributed by atoms with van der Waals surface area (Å²) in [6.45, 7) is 0.339. The van der Waals surface area contributed by atoms with Crippen LogP contribution in [0.5, 0.6) is 11.5 Å². The van der Waals surface area contributed by atoms with E-state index in [2.05, 4.69) is 5.32 Å². The first kappa shape index (κ1) is 18.3. The van der Waals surface area contributed by atoms with Crippen LogP contribution in [-0.4, -0.2) is 40.5 Å². The van der Waals surface area contributed by atoms with E-state index < -0.39 is 10.0 Å². The second kappa shape index (κ2) is 7.43. The SMILES string of the molecule is CS(=O)(=O)N(CCNC(=O)c1ccc2c(c1)OCO2)c1cccc(Cl)c1. The molecule has 0 aromatic heterocycles. The molecule has 26 heavy (non-hydrogen) atoms. The highest BCUT2D eigenvalue weighted by Gasteiger charge is 2.19. The number of fused-ring (bicyclic) bond motifs is 1. The molecule has 0 fully saturated rings. The Balaban J connectivity index is 1.65. The summed E-state index contributed by atoms with van der Waals surface area (Å²) in [6, 6.07) is 11.4. The molecule has 0 atom stereocenters. The van der Waals surface area contributed by atoms with E-state index in [4.69, 9.17) is 21.1 Å². The molecule has 1 aliphatic rings. The molecule has 0 saturated carbocycles. The molecule has 0 unspecified atom stereocenters. The van der Waals surface area contributed by atoms with E-state index in [9.17, 15) is 13.2 Å². The van der Waals surface area contributed by atoms with Crippen molar-refractivity contribution in [2.24, 2.45) is 0 Å². The van der Waals surface area contributed by atoms with Crippen molar-refractivity contribution in [3.63, 3.8) is 0 Å². The average molecular weight is 397 g/mol. The van der Waals surface area contributed by atoms with Gasteiger partial charge in [0, 0.05) is 17.1 Å². The van der Waals surface area contributed by atoms with Gasteiger partial charge < -0.3 is 14.8 Å². The molecule has 138 valence electrons. The largest absolute Gasteiger partial charge is 0.454 e. The van der Waals surface area contributed by atoms with Gasteiger partial charge in [-0.15, -0.1) is 0 Å². The second-order valence-electron chi connectivity index (χ2n) is 5.64. The van der Waals surface area contributed by atoms with Crippen LogP contribution < -0.4 is 19.1 Å². The second-order valence-corrected chi connectivity index (χ2v) is 7.98.